The zero-order valence-electron chi connectivity index (χ0n) is 23.0. The van der Waals surface area contributed by atoms with Gasteiger partial charge < -0.3 is 9.84 Å². The molecule has 0 spiro atoms. The van der Waals surface area contributed by atoms with Crippen molar-refractivity contribution >= 4 is 5.97 Å². The standard InChI is InChI=1S/C30H31F6N3O3/c1-20(2)42-27(40)26-19-38(15-16-39(26)18-22-11-13-37-14-12-22)17-21-3-5-23(6-4-21)24-7-9-25(10-8-24)28(41,29(31,32)33)30(34,35)36/h3-14,20,26,41H,15-19H2,1-2H3/t26-/m0/s1. The van der Waals surface area contributed by atoms with E-state index in [1.54, 1.807) is 38.4 Å². The van der Waals surface area contributed by atoms with Gasteiger partial charge >= 0.3 is 18.3 Å². The zero-order chi connectivity index (χ0) is 30.7. The lowest BCUT2D eigenvalue weighted by atomic mass is 9.90. The van der Waals surface area contributed by atoms with Crippen molar-refractivity contribution in [3.8, 4) is 11.1 Å². The Bertz CT molecular complexity index is 1320. The molecule has 1 aliphatic rings. The molecule has 6 nitrogen and oxygen atoms in total. The lowest BCUT2D eigenvalue weighted by Gasteiger charge is -2.40. The minimum atomic E-state index is -5.94. The van der Waals surface area contributed by atoms with Crippen molar-refractivity contribution in [1.82, 2.24) is 14.8 Å². The Kier molecular flexibility index (Phi) is 9.29. The van der Waals surface area contributed by atoms with Crippen molar-refractivity contribution in [1.29, 1.82) is 0 Å². The lowest BCUT2D eigenvalue weighted by molar-refractivity contribution is -0.376. The van der Waals surface area contributed by atoms with Gasteiger partial charge in [0.25, 0.3) is 5.60 Å². The predicted molar refractivity (Wildman–Crippen MR) is 143 cm³/mol. The molecule has 12 heteroatoms. The number of alkyl halides is 6. The van der Waals surface area contributed by atoms with Crippen LogP contribution in [0, 0.1) is 0 Å². The summed E-state index contributed by atoms with van der Waals surface area (Å²) in [5, 5.41) is 9.61. The fourth-order valence-corrected chi connectivity index (χ4v) is 4.92. The highest BCUT2D eigenvalue weighted by atomic mass is 19.4. The van der Waals surface area contributed by atoms with Gasteiger partial charge in [-0.2, -0.15) is 26.3 Å². The van der Waals surface area contributed by atoms with Crippen LogP contribution in [0.25, 0.3) is 11.1 Å². The van der Waals surface area contributed by atoms with E-state index in [-0.39, 0.29) is 12.1 Å². The highest BCUT2D eigenvalue weighted by molar-refractivity contribution is 5.76. The van der Waals surface area contributed by atoms with Crippen molar-refractivity contribution < 1.29 is 41.0 Å². The summed E-state index contributed by atoms with van der Waals surface area (Å²) in [6.07, 6.45) is -8.73. The van der Waals surface area contributed by atoms with Gasteiger partial charge in [0.2, 0.25) is 0 Å². The largest absolute Gasteiger partial charge is 0.462 e. The van der Waals surface area contributed by atoms with Gasteiger partial charge in [-0.25, -0.2) is 0 Å². The summed E-state index contributed by atoms with van der Waals surface area (Å²) in [5.74, 6) is -0.300. The van der Waals surface area contributed by atoms with Crippen LogP contribution in [0.4, 0.5) is 26.3 Å². The van der Waals surface area contributed by atoms with Crippen molar-refractivity contribution in [3.05, 3.63) is 89.7 Å². The Labute approximate surface area is 239 Å². The minimum Gasteiger partial charge on any atom is -0.462 e. The van der Waals surface area contributed by atoms with Crippen LogP contribution in [0.5, 0.6) is 0 Å². The molecular weight excluding hydrogens is 564 g/mol. The number of pyridine rings is 1. The van der Waals surface area contributed by atoms with E-state index in [4.69, 9.17) is 4.74 Å². The van der Waals surface area contributed by atoms with Crippen LogP contribution >= 0.6 is 0 Å². The van der Waals surface area contributed by atoms with Crippen LogP contribution in [0.15, 0.2) is 73.1 Å². The van der Waals surface area contributed by atoms with Crippen molar-refractivity contribution in [2.24, 2.45) is 0 Å². The quantitative estimate of drug-likeness (QED) is 0.266. The Hall–Kier alpha value is -3.48. The number of carbonyl (C=O) groups excluding carboxylic acids is 1. The van der Waals surface area contributed by atoms with E-state index < -0.39 is 29.6 Å². The third-order valence-corrected chi connectivity index (χ3v) is 7.15. The van der Waals surface area contributed by atoms with Crippen LogP contribution in [0.3, 0.4) is 0 Å². The summed E-state index contributed by atoms with van der Waals surface area (Å²) in [6, 6.07) is 13.9. The molecule has 0 unspecified atom stereocenters. The molecule has 0 bridgehead atoms. The van der Waals surface area contributed by atoms with E-state index >= 15 is 0 Å². The number of aliphatic hydroxyl groups is 1. The molecule has 0 amide bonds. The molecule has 4 rings (SSSR count). The molecule has 1 saturated heterocycles. The smallest absolute Gasteiger partial charge is 0.430 e. The van der Waals surface area contributed by atoms with Gasteiger partial charge in [0.05, 0.1) is 6.10 Å². The topological polar surface area (TPSA) is 65.9 Å². The molecule has 0 aliphatic carbocycles. The highest BCUT2D eigenvalue weighted by Gasteiger charge is 2.71. The molecule has 3 aromatic rings. The van der Waals surface area contributed by atoms with Gasteiger partial charge in [0, 0.05) is 50.7 Å². The molecule has 0 radical (unpaired) electrons. The van der Waals surface area contributed by atoms with Crippen LogP contribution in [0.2, 0.25) is 0 Å². The number of piperazine rings is 1. The Morgan fingerprint density at radius 3 is 1.90 bits per heavy atom. The maximum absolute atomic E-state index is 13.2. The molecule has 1 N–H and O–H groups in total. The van der Waals surface area contributed by atoms with Crippen LogP contribution in [0.1, 0.15) is 30.5 Å². The zero-order valence-corrected chi connectivity index (χ0v) is 23.0. The first-order valence-corrected chi connectivity index (χ1v) is 13.3. The number of hydrogen-bond acceptors (Lipinski definition) is 6. The first kappa shape index (κ1) is 31.5. The highest BCUT2D eigenvalue weighted by Crippen LogP contribution is 2.50. The molecule has 1 fully saturated rings. The fourth-order valence-electron chi connectivity index (χ4n) is 4.92. The molecule has 1 aromatic heterocycles. The first-order chi connectivity index (χ1) is 19.7. The van der Waals surface area contributed by atoms with Crippen LogP contribution in [-0.4, -0.2) is 70.0 Å². The van der Waals surface area contributed by atoms with Gasteiger partial charge in [-0.1, -0.05) is 48.5 Å². The molecule has 1 aliphatic heterocycles. The molecule has 42 heavy (non-hydrogen) atoms. The second-order valence-electron chi connectivity index (χ2n) is 10.5. The Morgan fingerprint density at radius 1 is 0.857 bits per heavy atom. The lowest BCUT2D eigenvalue weighted by Crippen LogP contribution is -2.56. The summed E-state index contributed by atoms with van der Waals surface area (Å²) in [4.78, 5) is 21.2. The van der Waals surface area contributed by atoms with Gasteiger partial charge in [0.15, 0.2) is 0 Å². The second kappa shape index (κ2) is 12.4. The molecule has 226 valence electrons. The number of aromatic nitrogens is 1. The average Bonchev–Trinajstić information content (AvgIpc) is 2.93. The van der Waals surface area contributed by atoms with E-state index in [2.05, 4.69) is 14.8 Å². The average molecular weight is 596 g/mol. The Morgan fingerprint density at radius 2 is 1.38 bits per heavy atom. The van der Waals surface area contributed by atoms with Crippen molar-refractivity contribution in [2.45, 2.75) is 57.0 Å². The summed E-state index contributed by atoms with van der Waals surface area (Å²) in [7, 11) is 0. The van der Waals surface area contributed by atoms with Gasteiger partial charge in [0.1, 0.15) is 6.04 Å². The predicted octanol–water partition coefficient (Wildman–Crippen LogP) is 5.70. The number of hydrogen-bond donors (Lipinski definition) is 1. The maximum atomic E-state index is 13.2. The first-order valence-electron chi connectivity index (χ1n) is 13.3. The minimum absolute atomic E-state index is 0.256. The summed E-state index contributed by atoms with van der Waals surface area (Å²) < 4.78 is 84.6. The number of nitrogens with zero attached hydrogens (tertiary/aromatic N) is 3. The molecular formula is C30H31F6N3O3. The number of esters is 1. The van der Waals surface area contributed by atoms with Crippen LogP contribution in [-0.2, 0) is 28.2 Å². The van der Waals surface area contributed by atoms with E-state index in [9.17, 15) is 36.2 Å². The van der Waals surface area contributed by atoms with E-state index in [1.165, 1.54) is 0 Å². The van der Waals surface area contributed by atoms with Gasteiger partial charge in [-0.05, 0) is 48.2 Å². The van der Waals surface area contributed by atoms with Crippen molar-refractivity contribution in [3.63, 3.8) is 0 Å². The molecule has 1 atom stereocenters. The Balaban J connectivity index is 1.45. The number of carbonyl (C=O) groups is 1. The third kappa shape index (κ3) is 6.93. The number of ether oxygens (including phenoxy) is 1. The maximum Gasteiger partial charge on any atom is 0.430 e. The summed E-state index contributed by atoms with van der Waals surface area (Å²) >= 11 is 0. The number of halogens is 6. The van der Waals surface area contributed by atoms with Gasteiger partial charge in [-0.15, -0.1) is 0 Å². The van der Waals surface area contributed by atoms with Crippen LogP contribution < -0.4 is 0 Å². The van der Waals surface area contributed by atoms with Gasteiger partial charge in [-0.3, -0.25) is 19.6 Å². The number of benzene rings is 2. The SMILES string of the molecule is CC(C)OC(=O)[C@@H]1CN(Cc2ccc(-c3ccc(C(O)(C(F)(F)F)C(F)(F)F)cc3)cc2)CCN1Cc1ccncc1. The summed E-state index contributed by atoms with van der Waals surface area (Å²) in [5.41, 5.74) is -3.36. The summed E-state index contributed by atoms with van der Waals surface area (Å²) in [6.45, 7) is 6.47. The molecule has 2 aromatic carbocycles. The second-order valence-corrected chi connectivity index (χ2v) is 10.5. The van der Waals surface area contributed by atoms with E-state index in [1.807, 2.05) is 24.3 Å². The molecule has 2 heterocycles. The monoisotopic (exact) mass is 595 g/mol. The van der Waals surface area contributed by atoms with E-state index in [0.717, 1.165) is 23.3 Å². The van der Waals surface area contributed by atoms with E-state index in [0.29, 0.717) is 56.0 Å². The number of rotatable bonds is 8. The third-order valence-electron chi connectivity index (χ3n) is 7.15. The normalized spacial score (nSPS) is 17.4. The molecule has 0 saturated carbocycles. The van der Waals surface area contributed by atoms with Crippen molar-refractivity contribution in [2.75, 3.05) is 19.6 Å². The fraction of sp³-hybridized carbons (Fsp3) is 0.400.